The minimum absolute atomic E-state index is 0.0265. The van der Waals surface area contributed by atoms with E-state index in [1.807, 2.05) is 0 Å². The number of aryl methyl sites for hydroxylation is 1. The van der Waals surface area contributed by atoms with Crippen LogP contribution in [-0.4, -0.2) is 48.8 Å². The maximum absolute atomic E-state index is 12.3. The van der Waals surface area contributed by atoms with E-state index in [0.717, 1.165) is 76.5 Å². The Balaban J connectivity index is 1.64. The topological polar surface area (TPSA) is 112 Å². The first-order valence-electron chi connectivity index (χ1n) is 10.7. The summed E-state index contributed by atoms with van der Waals surface area (Å²) in [4.78, 5) is 12.3. The molecule has 4 atom stereocenters. The van der Waals surface area contributed by atoms with Crippen LogP contribution in [0, 0.1) is 11.8 Å². The predicted octanol–water partition coefficient (Wildman–Crippen LogP) is 2.98. The monoisotopic (exact) mass is 380 g/mol. The number of H-pyrrole nitrogens is 1. The van der Waals surface area contributed by atoms with Gasteiger partial charge in [-0.25, -0.2) is 5.10 Å². The van der Waals surface area contributed by atoms with E-state index < -0.39 is 6.10 Å². The van der Waals surface area contributed by atoms with Crippen LogP contribution in [0.4, 0.5) is 0 Å². The Bertz CT molecular complexity index is 523. The molecule has 1 saturated carbocycles. The Morgan fingerprint density at radius 1 is 1.11 bits per heavy atom. The van der Waals surface area contributed by atoms with Gasteiger partial charge in [-0.2, -0.15) is 0 Å². The van der Waals surface area contributed by atoms with E-state index in [1.165, 1.54) is 0 Å². The zero-order valence-corrected chi connectivity index (χ0v) is 16.6. The fourth-order valence-electron chi connectivity index (χ4n) is 4.24. The molecule has 0 bridgehead atoms. The van der Waals surface area contributed by atoms with E-state index in [1.54, 1.807) is 0 Å². The Hall–Kier alpha value is -1.34. The average Bonchev–Trinajstić information content (AvgIpc) is 3.24. The maximum atomic E-state index is 12.3. The SMILES string of the molecule is CCCCCC(O)CCC1C(O)CC(=O)C1CCCCCCc1nnn[nH]1. The number of Topliss-reactive ketones (excluding diaryl/α,β-unsaturated/α-hetero) is 1. The third-order valence-corrected chi connectivity index (χ3v) is 5.88. The molecule has 0 saturated heterocycles. The molecule has 1 aromatic heterocycles. The minimum Gasteiger partial charge on any atom is -0.393 e. The molecule has 0 amide bonds. The average molecular weight is 381 g/mol. The molecule has 1 aliphatic carbocycles. The largest absolute Gasteiger partial charge is 0.393 e. The second-order valence-corrected chi connectivity index (χ2v) is 8.04. The van der Waals surface area contributed by atoms with Crippen molar-refractivity contribution in [1.82, 2.24) is 20.6 Å². The molecular weight excluding hydrogens is 344 g/mol. The molecule has 0 aromatic carbocycles. The van der Waals surface area contributed by atoms with Crippen LogP contribution in [0.1, 0.15) is 89.8 Å². The number of aromatic nitrogens is 4. The van der Waals surface area contributed by atoms with Gasteiger partial charge in [-0.3, -0.25) is 4.79 Å². The summed E-state index contributed by atoms with van der Waals surface area (Å²) in [6.07, 6.45) is 11.0. The molecule has 1 fully saturated rings. The van der Waals surface area contributed by atoms with Crippen LogP contribution in [0.2, 0.25) is 0 Å². The van der Waals surface area contributed by atoms with Gasteiger partial charge in [0.15, 0.2) is 0 Å². The van der Waals surface area contributed by atoms with Crippen molar-refractivity contribution in [3.8, 4) is 0 Å². The summed E-state index contributed by atoms with van der Waals surface area (Å²) in [7, 11) is 0. The summed E-state index contributed by atoms with van der Waals surface area (Å²) in [5, 5.41) is 34.2. The summed E-state index contributed by atoms with van der Waals surface area (Å²) in [5.41, 5.74) is 0. The molecule has 1 heterocycles. The molecule has 2 rings (SSSR count). The van der Waals surface area contributed by atoms with Gasteiger partial charge in [-0.1, -0.05) is 45.4 Å². The van der Waals surface area contributed by atoms with Gasteiger partial charge >= 0.3 is 0 Å². The smallest absolute Gasteiger partial charge is 0.148 e. The summed E-state index contributed by atoms with van der Waals surface area (Å²) in [6, 6.07) is 0. The molecule has 154 valence electrons. The minimum atomic E-state index is -0.524. The highest BCUT2D eigenvalue weighted by Gasteiger charge is 2.40. The maximum Gasteiger partial charge on any atom is 0.148 e. The number of carbonyl (C=O) groups is 1. The van der Waals surface area contributed by atoms with E-state index in [0.29, 0.717) is 12.8 Å². The Morgan fingerprint density at radius 3 is 2.67 bits per heavy atom. The number of hydrogen-bond acceptors (Lipinski definition) is 6. The zero-order chi connectivity index (χ0) is 19.5. The van der Waals surface area contributed by atoms with Gasteiger partial charge < -0.3 is 10.2 Å². The lowest BCUT2D eigenvalue weighted by molar-refractivity contribution is -0.121. The van der Waals surface area contributed by atoms with Crippen LogP contribution < -0.4 is 0 Å². The third kappa shape index (κ3) is 7.66. The van der Waals surface area contributed by atoms with Crippen LogP contribution in [-0.2, 0) is 11.2 Å². The molecule has 27 heavy (non-hydrogen) atoms. The van der Waals surface area contributed by atoms with Crippen molar-refractivity contribution in [1.29, 1.82) is 0 Å². The molecule has 1 aromatic rings. The van der Waals surface area contributed by atoms with Crippen molar-refractivity contribution in [2.75, 3.05) is 0 Å². The lowest BCUT2D eigenvalue weighted by Crippen LogP contribution is -2.22. The number of hydrogen-bond donors (Lipinski definition) is 3. The van der Waals surface area contributed by atoms with Crippen molar-refractivity contribution in [2.45, 2.75) is 103 Å². The Kier molecular flexibility index (Phi) is 9.91. The highest BCUT2D eigenvalue weighted by atomic mass is 16.3. The number of nitrogens with zero attached hydrogens (tertiary/aromatic N) is 3. The van der Waals surface area contributed by atoms with Crippen LogP contribution in [0.5, 0.6) is 0 Å². The molecular formula is C20H36N4O3. The highest BCUT2D eigenvalue weighted by molar-refractivity contribution is 5.84. The lowest BCUT2D eigenvalue weighted by atomic mass is 9.85. The van der Waals surface area contributed by atoms with Gasteiger partial charge in [0.05, 0.1) is 12.2 Å². The second-order valence-electron chi connectivity index (χ2n) is 8.04. The molecule has 3 N–H and O–H groups in total. The quantitative estimate of drug-likeness (QED) is 0.428. The number of tetrazole rings is 1. The van der Waals surface area contributed by atoms with Crippen LogP contribution >= 0.6 is 0 Å². The summed E-state index contributed by atoms with van der Waals surface area (Å²) in [5.74, 6) is 1.03. The Morgan fingerprint density at radius 2 is 1.93 bits per heavy atom. The summed E-state index contributed by atoms with van der Waals surface area (Å²) in [6.45, 7) is 2.16. The first kappa shape index (κ1) is 22.0. The number of carbonyl (C=O) groups excluding carboxylic acids is 1. The first-order valence-corrected chi connectivity index (χ1v) is 10.7. The Labute approximate surface area is 162 Å². The fourth-order valence-corrected chi connectivity index (χ4v) is 4.24. The molecule has 0 aliphatic heterocycles. The number of ketones is 1. The van der Waals surface area contributed by atoms with E-state index in [4.69, 9.17) is 0 Å². The summed E-state index contributed by atoms with van der Waals surface area (Å²) >= 11 is 0. The van der Waals surface area contributed by atoms with Gasteiger partial charge in [-0.05, 0) is 48.4 Å². The molecule has 4 unspecified atom stereocenters. The lowest BCUT2D eigenvalue weighted by Gasteiger charge is -2.22. The molecule has 1 aliphatic rings. The predicted molar refractivity (Wildman–Crippen MR) is 103 cm³/mol. The van der Waals surface area contributed by atoms with Gasteiger partial charge in [0.2, 0.25) is 0 Å². The zero-order valence-electron chi connectivity index (χ0n) is 16.6. The van der Waals surface area contributed by atoms with Gasteiger partial charge in [0.25, 0.3) is 0 Å². The third-order valence-electron chi connectivity index (χ3n) is 5.88. The van der Waals surface area contributed by atoms with Gasteiger partial charge in [-0.15, -0.1) is 5.10 Å². The van der Waals surface area contributed by atoms with E-state index >= 15 is 0 Å². The van der Waals surface area contributed by atoms with Crippen molar-refractivity contribution < 1.29 is 15.0 Å². The molecule has 0 radical (unpaired) electrons. The number of nitrogens with one attached hydrogen (secondary N) is 1. The van der Waals surface area contributed by atoms with Crippen LogP contribution in [0.3, 0.4) is 0 Å². The van der Waals surface area contributed by atoms with E-state index in [2.05, 4.69) is 27.5 Å². The van der Waals surface area contributed by atoms with Crippen LogP contribution in [0.15, 0.2) is 0 Å². The molecule has 7 heteroatoms. The number of aliphatic hydroxyl groups excluding tert-OH is 2. The summed E-state index contributed by atoms with van der Waals surface area (Å²) < 4.78 is 0. The standard InChI is InChI=1S/C20H36N4O3/c1-2-3-6-9-15(25)12-13-17-16(18(26)14-19(17)27)10-7-4-5-8-11-20-21-23-24-22-20/h15-17,19,25,27H,2-14H2,1H3,(H,21,22,23,24). The van der Waals surface area contributed by atoms with Crippen molar-refractivity contribution in [3.05, 3.63) is 5.82 Å². The second kappa shape index (κ2) is 12.2. The number of unbranched alkanes of at least 4 members (excludes halogenated alkanes) is 5. The van der Waals surface area contributed by atoms with Gasteiger partial charge in [0.1, 0.15) is 11.6 Å². The fraction of sp³-hybridized carbons (Fsp3) is 0.900. The number of aromatic amines is 1. The molecule has 0 spiro atoms. The van der Waals surface area contributed by atoms with Crippen molar-refractivity contribution in [2.24, 2.45) is 11.8 Å². The van der Waals surface area contributed by atoms with E-state index in [-0.39, 0.29) is 23.7 Å². The van der Waals surface area contributed by atoms with Crippen molar-refractivity contribution >= 4 is 5.78 Å². The number of aliphatic hydroxyl groups is 2. The van der Waals surface area contributed by atoms with Gasteiger partial charge in [0, 0.05) is 18.8 Å². The number of rotatable bonds is 14. The molecule has 7 nitrogen and oxygen atoms in total. The first-order chi connectivity index (χ1) is 13.1. The van der Waals surface area contributed by atoms with E-state index in [9.17, 15) is 15.0 Å². The highest BCUT2D eigenvalue weighted by Crippen LogP contribution is 2.36. The van der Waals surface area contributed by atoms with Crippen molar-refractivity contribution in [3.63, 3.8) is 0 Å². The van der Waals surface area contributed by atoms with Crippen LogP contribution in [0.25, 0.3) is 0 Å². The normalized spacial score (nSPS) is 23.8.